The molecule has 0 aromatic rings. The molecule has 0 saturated carbocycles. The first kappa shape index (κ1) is 28.8. The molecule has 1 rings (SSSR count). The van der Waals surface area contributed by atoms with Gasteiger partial charge >= 0.3 is 17.9 Å². The van der Waals surface area contributed by atoms with Gasteiger partial charge in [-0.05, 0) is 38.6 Å². The van der Waals surface area contributed by atoms with Crippen molar-refractivity contribution < 1.29 is 44.1 Å². The molecule has 14 nitrogen and oxygen atoms in total. The highest BCUT2D eigenvalue weighted by atomic mass is 16.4. The highest BCUT2D eigenvalue weighted by Crippen LogP contribution is 2.20. The first-order valence-electron chi connectivity index (χ1n) is 11.0. The first-order chi connectivity index (χ1) is 16.0. The van der Waals surface area contributed by atoms with Crippen molar-refractivity contribution in [1.82, 2.24) is 15.5 Å². The number of aliphatic carboxylic acids is 3. The molecule has 14 heteroatoms. The third-order valence-corrected chi connectivity index (χ3v) is 5.40. The fourth-order valence-electron chi connectivity index (χ4n) is 3.60. The number of carboxylic acid groups (broad SMARTS) is 3. The molecule has 192 valence electrons. The molecule has 0 radical (unpaired) electrons. The minimum atomic E-state index is -1.77. The van der Waals surface area contributed by atoms with E-state index in [0.29, 0.717) is 38.6 Å². The Kier molecular flexibility index (Phi) is 11.9. The van der Waals surface area contributed by atoms with Crippen LogP contribution in [0.3, 0.4) is 0 Å². The molecule has 0 aromatic carbocycles. The van der Waals surface area contributed by atoms with Gasteiger partial charge in [-0.3, -0.25) is 24.0 Å². The van der Waals surface area contributed by atoms with Crippen LogP contribution in [0.15, 0.2) is 0 Å². The molecule has 0 aliphatic carbocycles. The monoisotopic (exact) mass is 487 g/mol. The number of unbranched alkanes of at least 4 members (excludes halogenated alkanes) is 1. The van der Waals surface area contributed by atoms with Gasteiger partial charge in [0.2, 0.25) is 17.7 Å². The van der Waals surface area contributed by atoms with Crippen LogP contribution < -0.4 is 22.1 Å². The number of hydrogen-bond donors (Lipinski definition) is 7. The van der Waals surface area contributed by atoms with Gasteiger partial charge in [0.15, 0.2) is 0 Å². The van der Waals surface area contributed by atoms with Crippen molar-refractivity contribution in [1.29, 1.82) is 0 Å². The summed E-state index contributed by atoms with van der Waals surface area (Å²) in [6, 6.07) is -4.97. The molecule has 1 aliphatic heterocycles. The molecule has 9 N–H and O–H groups in total. The van der Waals surface area contributed by atoms with Crippen LogP contribution in [0.5, 0.6) is 0 Å². The average molecular weight is 488 g/mol. The minimum absolute atomic E-state index is 0.285. The quantitative estimate of drug-likeness (QED) is 0.122. The third kappa shape index (κ3) is 9.31. The van der Waals surface area contributed by atoms with Gasteiger partial charge in [-0.25, -0.2) is 4.79 Å². The van der Waals surface area contributed by atoms with E-state index in [-0.39, 0.29) is 13.0 Å². The lowest BCUT2D eigenvalue weighted by molar-refractivity contribution is -0.147. The van der Waals surface area contributed by atoms with Gasteiger partial charge < -0.3 is 42.3 Å². The zero-order valence-corrected chi connectivity index (χ0v) is 18.8. The van der Waals surface area contributed by atoms with E-state index in [1.54, 1.807) is 0 Å². The fourth-order valence-corrected chi connectivity index (χ4v) is 3.60. The highest BCUT2D eigenvalue weighted by Gasteiger charge is 2.38. The van der Waals surface area contributed by atoms with Crippen LogP contribution >= 0.6 is 0 Å². The number of carbonyl (C=O) groups excluding carboxylic acids is 3. The number of nitrogens with two attached hydrogens (primary N) is 2. The summed E-state index contributed by atoms with van der Waals surface area (Å²) in [4.78, 5) is 72.6. The van der Waals surface area contributed by atoms with Crippen LogP contribution in [0.4, 0.5) is 0 Å². The van der Waals surface area contributed by atoms with Crippen LogP contribution in [0.25, 0.3) is 0 Å². The van der Waals surface area contributed by atoms with Crippen LogP contribution in [-0.4, -0.2) is 93.1 Å². The Morgan fingerprint density at radius 3 is 2.18 bits per heavy atom. The topological polar surface area (TPSA) is 242 Å². The Morgan fingerprint density at radius 2 is 1.62 bits per heavy atom. The van der Waals surface area contributed by atoms with Crippen molar-refractivity contribution in [3.63, 3.8) is 0 Å². The van der Waals surface area contributed by atoms with E-state index in [2.05, 4.69) is 5.32 Å². The summed E-state index contributed by atoms with van der Waals surface area (Å²) in [6.07, 6.45) is 0.761. The summed E-state index contributed by atoms with van der Waals surface area (Å²) in [7, 11) is 0. The van der Waals surface area contributed by atoms with Crippen molar-refractivity contribution in [2.75, 3.05) is 13.1 Å². The Bertz CT molecular complexity index is 776. The van der Waals surface area contributed by atoms with Gasteiger partial charge in [0.05, 0.1) is 12.5 Å². The van der Waals surface area contributed by atoms with Crippen LogP contribution in [0.2, 0.25) is 0 Å². The molecule has 1 heterocycles. The number of rotatable bonds is 15. The maximum Gasteiger partial charge on any atom is 0.326 e. The molecule has 1 saturated heterocycles. The number of likely N-dealkylation sites (tertiary alicyclic amines) is 1. The number of nitrogens with one attached hydrogen (secondary N) is 2. The van der Waals surface area contributed by atoms with E-state index in [1.807, 2.05) is 5.32 Å². The Labute approximate surface area is 196 Å². The van der Waals surface area contributed by atoms with E-state index in [0.717, 1.165) is 0 Å². The molecular weight excluding hydrogens is 454 g/mol. The predicted molar refractivity (Wildman–Crippen MR) is 116 cm³/mol. The van der Waals surface area contributed by atoms with Crippen LogP contribution in [0, 0.1) is 0 Å². The second kappa shape index (κ2) is 14.1. The normalized spacial score (nSPS) is 17.9. The predicted octanol–water partition coefficient (Wildman–Crippen LogP) is -2.17. The van der Waals surface area contributed by atoms with E-state index >= 15 is 0 Å². The van der Waals surface area contributed by atoms with Crippen molar-refractivity contribution in [3.8, 4) is 0 Å². The van der Waals surface area contributed by atoms with Gasteiger partial charge in [0.25, 0.3) is 0 Å². The first-order valence-corrected chi connectivity index (χ1v) is 11.0. The highest BCUT2D eigenvalue weighted by molar-refractivity contribution is 5.95. The summed E-state index contributed by atoms with van der Waals surface area (Å²) in [6.45, 7) is 0.748. The van der Waals surface area contributed by atoms with E-state index < -0.39 is 72.6 Å². The number of carbonyl (C=O) groups is 6. The molecule has 1 aliphatic rings. The summed E-state index contributed by atoms with van der Waals surface area (Å²) < 4.78 is 0. The molecule has 0 bridgehead atoms. The Balaban J connectivity index is 2.91. The molecule has 4 unspecified atom stereocenters. The maximum absolute atomic E-state index is 12.9. The zero-order chi connectivity index (χ0) is 25.8. The Morgan fingerprint density at radius 1 is 0.941 bits per heavy atom. The van der Waals surface area contributed by atoms with E-state index in [4.69, 9.17) is 26.8 Å². The summed E-state index contributed by atoms with van der Waals surface area (Å²) in [5.74, 6) is -6.51. The lowest BCUT2D eigenvalue weighted by atomic mass is 10.1. The van der Waals surface area contributed by atoms with Crippen LogP contribution in [-0.2, 0) is 28.8 Å². The number of carboxylic acids is 3. The van der Waals surface area contributed by atoms with Gasteiger partial charge in [0, 0.05) is 13.0 Å². The number of amides is 3. The second-order valence-electron chi connectivity index (χ2n) is 8.07. The lowest BCUT2D eigenvalue weighted by Gasteiger charge is -2.28. The van der Waals surface area contributed by atoms with Crippen molar-refractivity contribution >= 4 is 35.6 Å². The molecule has 1 fully saturated rings. The minimum Gasteiger partial charge on any atom is -0.481 e. The van der Waals surface area contributed by atoms with Crippen LogP contribution in [0.1, 0.15) is 51.4 Å². The lowest BCUT2D eigenvalue weighted by Crippen LogP contribution is -2.56. The largest absolute Gasteiger partial charge is 0.481 e. The maximum atomic E-state index is 12.9. The third-order valence-electron chi connectivity index (χ3n) is 5.40. The fraction of sp³-hybridized carbons (Fsp3) is 0.700. The van der Waals surface area contributed by atoms with E-state index in [9.17, 15) is 28.8 Å². The van der Waals surface area contributed by atoms with Gasteiger partial charge in [-0.2, -0.15) is 0 Å². The molecule has 3 amide bonds. The molecule has 0 spiro atoms. The second-order valence-corrected chi connectivity index (χ2v) is 8.07. The number of hydrogen-bond acceptors (Lipinski definition) is 8. The van der Waals surface area contributed by atoms with Gasteiger partial charge in [-0.15, -0.1) is 0 Å². The molecule has 0 aromatic heterocycles. The smallest absolute Gasteiger partial charge is 0.326 e. The Hall–Kier alpha value is -3.26. The van der Waals surface area contributed by atoms with Gasteiger partial charge in [-0.1, -0.05) is 6.42 Å². The summed E-state index contributed by atoms with van der Waals surface area (Å²) in [5.41, 5.74) is 11.4. The van der Waals surface area contributed by atoms with Crippen molar-refractivity contribution in [2.45, 2.75) is 75.5 Å². The SMILES string of the molecule is NCCCCC(N)C(=O)N1CCCC1C(=O)NC(CCC(=O)O)C(=O)NC(CC(=O)O)C(=O)O. The molecule has 34 heavy (non-hydrogen) atoms. The zero-order valence-electron chi connectivity index (χ0n) is 18.8. The van der Waals surface area contributed by atoms with Crippen molar-refractivity contribution in [3.05, 3.63) is 0 Å². The molecule has 4 atom stereocenters. The summed E-state index contributed by atoms with van der Waals surface area (Å²) >= 11 is 0. The molecular formula is C20H33N5O9. The van der Waals surface area contributed by atoms with E-state index in [1.165, 1.54) is 4.90 Å². The average Bonchev–Trinajstić information content (AvgIpc) is 3.24. The standard InChI is InChI=1S/C20H33N5O9/c21-8-2-1-4-11(22)19(32)25-9-3-5-14(25)18(31)23-12(6-7-15(26)27)17(30)24-13(20(33)34)10-16(28)29/h11-14H,1-10,21-22H2,(H,23,31)(H,24,30)(H,26,27)(H,28,29)(H,33,34). The van der Waals surface area contributed by atoms with Gasteiger partial charge in [0.1, 0.15) is 18.1 Å². The summed E-state index contributed by atoms with van der Waals surface area (Å²) in [5, 5.41) is 31.3. The van der Waals surface area contributed by atoms with Crippen molar-refractivity contribution in [2.24, 2.45) is 11.5 Å². The number of nitrogens with zero attached hydrogens (tertiary/aromatic N) is 1.